The molecule has 1 heterocycles. The highest BCUT2D eigenvalue weighted by atomic mass is 16.7. The Balaban J connectivity index is 2.29. The maximum atomic E-state index is 5.12. The average molecular weight is 148 g/mol. The van der Waals surface area contributed by atoms with E-state index in [1.54, 1.807) is 14.2 Å². The van der Waals surface area contributed by atoms with E-state index in [9.17, 15) is 0 Å². The molecule has 0 bridgehead atoms. The Morgan fingerprint density at radius 3 is 2.50 bits per heavy atom. The molecule has 1 fully saturated rings. The van der Waals surface area contributed by atoms with Gasteiger partial charge < -0.3 is 18.9 Å². The molecule has 1 saturated heterocycles. The van der Waals surface area contributed by atoms with Crippen LogP contribution in [0.5, 0.6) is 0 Å². The number of hydrogen-bond acceptors (Lipinski definition) is 4. The summed E-state index contributed by atoms with van der Waals surface area (Å²) in [4.78, 5) is 0. The van der Waals surface area contributed by atoms with Gasteiger partial charge in [-0.15, -0.1) is 0 Å². The lowest BCUT2D eigenvalue weighted by Crippen LogP contribution is -2.31. The van der Waals surface area contributed by atoms with Crippen LogP contribution in [0.25, 0.3) is 0 Å². The molecular weight excluding hydrogens is 136 g/mol. The maximum Gasteiger partial charge on any atom is 0.185 e. The first-order valence-electron chi connectivity index (χ1n) is 3.13. The molecule has 0 amide bonds. The van der Waals surface area contributed by atoms with Crippen molar-refractivity contribution < 1.29 is 18.9 Å². The minimum Gasteiger partial charge on any atom is -0.353 e. The van der Waals surface area contributed by atoms with Gasteiger partial charge in [-0.25, -0.2) is 0 Å². The molecule has 0 aromatic rings. The summed E-state index contributed by atoms with van der Waals surface area (Å²) in [6, 6.07) is 0. The van der Waals surface area contributed by atoms with E-state index in [2.05, 4.69) is 0 Å². The summed E-state index contributed by atoms with van der Waals surface area (Å²) in [6.45, 7) is 0.889. The van der Waals surface area contributed by atoms with Crippen LogP contribution in [0.3, 0.4) is 0 Å². The van der Waals surface area contributed by atoms with Gasteiger partial charge in [-0.2, -0.15) is 0 Å². The zero-order chi connectivity index (χ0) is 7.40. The second-order valence-electron chi connectivity index (χ2n) is 2.03. The third-order valence-corrected chi connectivity index (χ3v) is 1.42. The maximum absolute atomic E-state index is 5.12. The smallest absolute Gasteiger partial charge is 0.185 e. The van der Waals surface area contributed by atoms with Crippen molar-refractivity contribution in [3.05, 3.63) is 0 Å². The van der Waals surface area contributed by atoms with Crippen molar-refractivity contribution in [3.8, 4) is 0 Å². The van der Waals surface area contributed by atoms with Gasteiger partial charge in [-0.1, -0.05) is 0 Å². The molecule has 1 rings (SSSR count). The fraction of sp³-hybridized carbons (Fsp3) is 1.00. The Kier molecular flexibility index (Phi) is 3.08. The van der Waals surface area contributed by atoms with E-state index in [4.69, 9.17) is 18.9 Å². The van der Waals surface area contributed by atoms with E-state index < -0.39 is 0 Å². The van der Waals surface area contributed by atoms with Gasteiger partial charge in [0.05, 0.1) is 6.61 Å². The zero-order valence-corrected chi connectivity index (χ0v) is 6.20. The Labute approximate surface area is 60.0 Å². The predicted molar refractivity (Wildman–Crippen MR) is 33.5 cm³/mol. The van der Waals surface area contributed by atoms with Crippen molar-refractivity contribution in [1.82, 2.24) is 0 Å². The van der Waals surface area contributed by atoms with Gasteiger partial charge >= 0.3 is 0 Å². The third kappa shape index (κ3) is 1.67. The largest absolute Gasteiger partial charge is 0.353 e. The summed E-state index contributed by atoms with van der Waals surface area (Å²) in [7, 11) is 3.16. The Hall–Kier alpha value is -0.160. The van der Waals surface area contributed by atoms with Crippen LogP contribution in [0.1, 0.15) is 0 Å². The van der Waals surface area contributed by atoms with Gasteiger partial charge in [0, 0.05) is 14.2 Å². The molecule has 0 aromatic heterocycles. The van der Waals surface area contributed by atoms with Crippen LogP contribution in [0.15, 0.2) is 0 Å². The van der Waals surface area contributed by atoms with Gasteiger partial charge in [0.15, 0.2) is 6.29 Å². The van der Waals surface area contributed by atoms with Crippen molar-refractivity contribution in [2.24, 2.45) is 0 Å². The minimum absolute atomic E-state index is 0.0741. The van der Waals surface area contributed by atoms with Crippen LogP contribution in [0.2, 0.25) is 0 Å². The summed E-state index contributed by atoms with van der Waals surface area (Å²) in [6.07, 6.45) is -0.377. The van der Waals surface area contributed by atoms with E-state index in [1.807, 2.05) is 0 Å². The van der Waals surface area contributed by atoms with E-state index >= 15 is 0 Å². The van der Waals surface area contributed by atoms with Crippen LogP contribution < -0.4 is 0 Å². The number of methoxy groups -OCH3 is 2. The highest BCUT2D eigenvalue weighted by Gasteiger charge is 2.25. The van der Waals surface area contributed by atoms with Gasteiger partial charge in [0.2, 0.25) is 0 Å². The normalized spacial score (nSPS) is 26.1. The average Bonchev–Trinajstić information content (AvgIpc) is 2.43. The fourth-order valence-electron chi connectivity index (χ4n) is 0.905. The van der Waals surface area contributed by atoms with Crippen LogP contribution in [0, 0.1) is 0 Å². The minimum atomic E-state index is -0.303. The fourth-order valence-corrected chi connectivity index (χ4v) is 0.905. The SMILES string of the molecule is COC(OC)C1COCO1. The summed E-state index contributed by atoms with van der Waals surface area (Å²) >= 11 is 0. The van der Waals surface area contributed by atoms with E-state index in [0.29, 0.717) is 13.4 Å². The second kappa shape index (κ2) is 3.88. The van der Waals surface area contributed by atoms with E-state index in [1.165, 1.54) is 0 Å². The molecule has 0 N–H and O–H groups in total. The summed E-state index contributed by atoms with van der Waals surface area (Å²) in [5.41, 5.74) is 0. The lowest BCUT2D eigenvalue weighted by Gasteiger charge is -2.17. The molecule has 4 heteroatoms. The van der Waals surface area contributed by atoms with Crippen LogP contribution in [-0.4, -0.2) is 40.0 Å². The molecule has 4 nitrogen and oxygen atoms in total. The molecule has 10 heavy (non-hydrogen) atoms. The zero-order valence-electron chi connectivity index (χ0n) is 6.20. The van der Waals surface area contributed by atoms with Crippen molar-refractivity contribution >= 4 is 0 Å². The quantitative estimate of drug-likeness (QED) is 0.527. The summed E-state index contributed by atoms with van der Waals surface area (Å²) in [5.74, 6) is 0. The van der Waals surface area contributed by atoms with Gasteiger partial charge in [0.25, 0.3) is 0 Å². The molecule has 0 spiro atoms. The predicted octanol–water partition coefficient (Wildman–Crippen LogP) is -0.0218. The van der Waals surface area contributed by atoms with Gasteiger partial charge in [-0.3, -0.25) is 0 Å². The van der Waals surface area contributed by atoms with E-state index in [-0.39, 0.29) is 12.4 Å². The van der Waals surface area contributed by atoms with Gasteiger partial charge in [0.1, 0.15) is 12.9 Å². The van der Waals surface area contributed by atoms with Gasteiger partial charge in [-0.05, 0) is 0 Å². The second-order valence-corrected chi connectivity index (χ2v) is 2.03. The summed E-state index contributed by atoms with van der Waals surface area (Å²) < 4.78 is 20.0. The first-order chi connectivity index (χ1) is 4.88. The highest BCUT2D eigenvalue weighted by molar-refractivity contribution is 4.63. The standard InChI is InChI=1S/C6H12O4/c1-7-6(8-2)5-3-9-4-10-5/h5-6H,3-4H2,1-2H3. The Bertz CT molecular complexity index is 85.7. The van der Waals surface area contributed by atoms with Crippen molar-refractivity contribution in [1.29, 1.82) is 0 Å². The molecular formula is C6H12O4. The lowest BCUT2D eigenvalue weighted by molar-refractivity contribution is -0.164. The molecule has 0 radical (unpaired) electrons. The number of rotatable bonds is 3. The molecule has 0 saturated carbocycles. The molecule has 0 aliphatic carbocycles. The topological polar surface area (TPSA) is 36.9 Å². The van der Waals surface area contributed by atoms with E-state index in [0.717, 1.165) is 0 Å². The van der Waals surface area contributed by atoms with Crippen LogP contribution >= 0.6 is 0 Å². The molecule has 1 aliphatic heterocycles. The number of hydrogen-bond donors (Lipinski definition) is 0. The number of ether oxygens (including phenoxy) is 4. The van der Waals surface area contributed by atoms with Crippen LogP contribution in [0.4, 0.5) is 0 Å². The van der Waals surface area contributed by atoms with Crippen molar-refractivity contribution in [2.75, 3.05) is 27.6 Å². The molecule has 0 aromatic carbocycles. The Morgan fingerprint density at radius 2 is 2.10 bits per heavy atom. The first-order valence-corrected chi connectivity index (χ1v) is 3.13. The summed E-state index contributed by atoms with van der Waals surface area (Å²) in [5, 5.41) is 0. The van der Waals surface area contributed by atoms with Crippen molar-refractivity contribution in [3.63, 3.8) is 0 Å². The highest BCUT2D eigenvalue weighted by Crippen LogP contribution is 2.10. The Morgan fingerprint density at radius 1 is 1.40 bits per heavy atom. The third-order valence-electron chi connectivity index (χ3n) is 1.42. The molecule has 1 unspecified atom stereocenters. The lowest BCUT2D eigenvalue weighted by atomic mass is 10.4. The monoisotopic (exact) mass is 148 g/mol. The molecule has 1 atom stereocenters. The van der Waals surface area contributed by atoms with Crippen LogP contribution in [-0.2, 0) is 18.9 Å². The molecule has 1 aliphatic rings. The van der Waals surface area contributed by atoms with Crippen molar-refractivity contribution in [2.45, 2.75) is 12.4 Å². The first kappa shape index (κ1) is 7.94. The molecule has 60 valence electrons.